The molecule has 5 heteroatoms. The van der Waals surface area contributed by atoms with Crippen LogP contribution in [0.1, 0.15) is 41.6 Å². The Morgan fingerprint density at radius 3 is 2.37 bits per heavy atom. The van der Waals surface area contributed by atoms with Crippen molar-refractivity contribution in [2.24, 2.45) is 0 Å². The highest BCUT2D eigenvalue weighted by atomic mass is 35.5. The third kappa shape index (κ3) is 5.69. The highest BCUT2D eigenvalue weighted by molar-refractivity contribution is 6.30. The molecule has 27 heavy (non-hydrogen) atoms. The van der Waals surface area contributed by atoms with Gasteiger partial charge in [0.05, 0.1) is 0 Å². The van der Waals surface area contributed by atoms with Crippen molar-refractivity contribution in [1.29, 1.82) is 0 Å². The van der Waals surface area contributed by atoms with Gasteiger partial charge in [0.25, 0.3) is 5.91 Å². The van der Waals surface area contributed by atoms with Crippen molar-refractivity contribution in [2.45, 2.75) is 25.7 Å². The van der Waals surface area contributed by atoms with Crippen molar-refractivity contribution >= 4 is 35.2 Å². The minimum atomic E-state index is -0.246. The van der Waals surface area contributed by atoms with Crippen molar-refractivity contribution in [3.8, 4) is 0 Å². The van der Waals surface area contributed by atoms with E-state index in [4.69, 9.17) is 11.6 Å². The zero-order valence-electron chi connectivity index (χ0n) is 15.2. The summed E-state index contributed by atoms with van der Waals surface area (Å²) in [6, 6.07) is 14.3. The first kappa shape index (κ1) is 19.2. The summed E-state index contributed by atoms with van der Waals surface area (Å²) in [6.07, 6.45) is 7.65. The van der Waals surface area contributed by atoms with Crippen molar-refractivity contribution in [1.82, 2.24) is 4.90 Å². The molecule has 0 spiro atoms. The van der Waals surface area contributed by atoms with E-state index in [9.17, 15) is 9.59 Å². The van der Waals surface area contributed by atoms with Crippen LogP contribution in [0.5, 0.6) is 0 Å². The van der Waals surface area contributed by atoms with Crippen LogP contribution in [-0.4, -0.2) is 29.8 Å². The average molecular weight is 383 g/mol. The fourth-order valence-corrected chi connectivity index (χ4v) is 3.24. The van der Waals surface area contributed by atoms with Gasteiger partial charge < -0.3 is 10.2 Å². The molecule has 1 fully saturated rings. The van der Waals surface area contributed by atoms with Crippen LogP contribution in [0.25, 0.3) is 6.08 Å². The Bertz CT molecular complexity index is 822. The summed E-state index contributed by atoms with van der Waals surface area (Å²) >= 11 is 5.85. The van der Waals surface area contributed by atoms with Gasteiger partial charge in [0.2, 0.25) is 5.91 Å². The van der Waals surface area contributed by atoms with Gasteiger partial charge in [-0.25, -0.2) is 0 Å². The molecule has 0 saturated carbocycles. The first-order valence-electron chi connectivity index (χ1n) is 9.26. The highest BCUT2D eigenvalue weighted by Gasteiger charge is 2.17. The molecule has 0 atom stereocenters. The smallest absolute Gasteiger partial charge is 0.253 e. The number of halogens is 1. The van der Waals surface area contributed by atoms with Crippen LogP contribution >= 0.6 is 11.6 Å². The van der Waals surface area contributed by atoms with E-state index in [0.29, 0.717) is 16.3 Å². The zero-order chi connectivity index (χ0) is 19.1. The van der Waals surface area contributed by atoms with Crippen LogP contribution in [0.3, 0.4) is 0 Å². The molecule has 4 nitrogen and oxygen atoms in total. The maximum absolute atomic E-state index is 12.7. The summed E-state index contributed by atoms with van der Waals surface area (Å²) in [5, 5.41) is 3.47. The van der Waals surface area contributed by atoms with Crippen LogP contribution in [0.15, 0.2) is 54.6 Å². The Morgan fingerprint density at radius 2 is 1.67 bits per heavy atom. The molecule has 0 aliphatic carbocycles. The second-order valence-electron chi connectivity index (χ2n) is 6.66. The molecule has 1 aliphatic rings. The molecule has 0 radical (unpaired) electrons. The fourth-order valence-electron chi connectivity index (χ4n) is 3.12. The molecule has 0 bridgehead atoms. The van der Waals surface area contributed by atoms with Gasteiger partial charge in [-0.3, -0.25) is 9.59 Å². The van der Waals surface area contributed by atoms with E-state index in [2.05, 4.69) is 5.32 Å². The van der Waals surface area contributed by atoms with Crippen molar-refractivity contribution < 1.29 is 9.59 Å². The SMILES string of the molecule is O=C(/C=C/c1ccc(Cl)cc1)Nc1cccc(C(=O)N2CCCCCC2)c1. The van der Waals surface area contributed by atoms with E-state index in [1.165, 1.54) is 18.9 Å². The van der Waals surface area contributed by atoms with E-state index in [-0.39, 0.29) is 11.8 Å². The number of rotatable bonds is 4. The van der Waals surface area contributed by atoms with Crippen LogP contribution in [-0.2, 0) is 4.79 Å². The van der Waals surface area contributed by atoms with Gasteiger partial charge >= 0.3 is 0 Å². The monoisotopic (exact) mass is 382 g/mol. The molecule has 1 aliphatic heterocycles. The molecule has 2 amide bonds. The third-order valence-electron chi connectivity index (χ3n) is 4.57. The zero-order valence-corrected chi connectivity index (χ0v) is 15.9. The Balaban J connectivity index is 1.63. The van der Waals surface area contributed by atoms with Gasteiger partial charge in [-0.15, -0.1) is 0 Å². The molecule has 1 heterocycles. The topological polar surface area (TPSA) is 49.4 Å². The van der Waals surface area contributed by atoms with Gasteiger partial charge in [-0.05, 0) is 54.8 Å². The van der Waals surface area contributed by atoms with Crippen molar-refractivity contribution in [3.05, 3.63) is 70.8 Å². The van der Waals surface area contributed by atoms with Gasteiger partial charge in [-0.2, -0.15) is 0 Å². The summed E-state index contributed by atoms with van der Waals surface area (Å²) in [7, 11) is 0. The van der Waals surface area contributed by atoms with E-state index in [1.807, 2.05) is 17.0 Å². The Kier molecular flexibility index (Phi) is 6.66. The quantitative estimate of drug-likeness (QED) is 0.756. The molecule has 1 saturated heterocycles. The summed E-state index contributed by atoms with van der Waals surface area (Å²) in [5.74, 6) is -0.214. The summed E-state index contributed by atoms with van der Waals surface area (Å²) in [4.78, 5) is 26.8. The van der Waals surface area contributed by atoms with Gasteiger partial charge in [-0.1, -0.05) is 42.6 Å². The fraction of sp³-hybridized carbons (Fsp3) is 0.273. The minimum absolute atomic E-state index is 0.0321. The number of carbonyl (C=O) groups excluding carboxylic acids is 2. The highest BCUT2D eigenvalue weighted by Crippen LogP contribution is 2.17. The molecule has 140 valence electrons. The van der Waals surface area contributed by atoms with Crippen LogP contribution < -0.4 is 5.32 Å². The van der Waals surface area contributed by atoms with E-state index in [1.54, 1.807) is 42.5 Å². The number of amides is 2. The summed E-state index contributed by atoms with van der Waals surface area (Å²) in [5.41, 5.74) is 2.11. The summed E-state index contributed by atoms with van der Waals surface area (Å²) in [6.45, 7) is 1.61. The maximum atomic E-state index is 12.7. The van der Waals surface area contributed by atoms with E-state index >= 15 is 0 Å². The van der Waals surface area contributed by atoms with Gasteiger partial charge in [0.15, 0.2) is 0 Å². The standard InChI is InChI=1S/C22H23ClN2O2/c23-19-11-8-17(9-12-19)10-13-21(26)24-20-7-5-6-18(16-20)22(27)25-14-3-1-2-4-15-25/h5-13,16H,1-4,14-15H2,(H,24,26)/b13-10+. The normalized spacial score (nSPS) is 14.8. The maximum Gasteiger partial charge on any atom is 0.253 e. The molecule has 0 aromatic heterocycles. The number of hydrogen-bond acceptors (Lipinski definition) is 2. The molecule has 0 unspecified atom stereocenters. The Morgan fingerprint density at radius 1 is 0.963 bits per heavy atom. The lowest BCUT2D eigenvalue weighted by Crippen LogP contribution is -2.31. The minimum Gasteiger partial charge on any atom is -0.339 e. The predicted octanol–water partition coefficient (Wildman–Crippen LogP) is 5.01. The molecular formula is C22H23ClN2O2. The molecule has 3 rings (SSSR count). The van der Waals surface area contributed by atoms with E-state index in [0.717, 1.165) is 31.5 Å². The van der Waals surface area contributed by atoms with Gasteiger partial charge in [0.1, 0.15) is 0 Å². The largest absolute Gasteiger partial charge is 0.339 e. The van der Waals surface area contributed by atoms with Crippen molar-refractivity contribution in [3.63, 3.8) is 0 Å². The number of nitrogens with one attached hydrogen (secondary N) is 1. The van der Waals surface area contributed by atoms with Gasteiger partial charge in [0, 0.05) is 35.4 Å². The first-order valence-corrected chi connectivity index (χ1v) is 9.63. The number of hydrogen-bond donors (Lipinski definition) is 1. The Hall–Kier alpha value is -2.59. The second kappa shape index (κ2) is 9.38. The number of carbonyl (C=O) groups is 2. The Labute approximate surface area is 164 Å². The lowest BCUT2D eigenvalue weighted by molar-refractivity contribution is -0.111. The predicted molar refractivity (Wildman–Crippen MR) is 110 cm³/mol. The second-order valence-corrected chi connectivity index (χ2v) is 7.10. The molecular weight excluding hydrogens is 360 g/mol. The molecule has 2 aromatic rings. The van der Waals surface area contributed by atoms with Crippen LogP contribution in [0.2, 0.25) is 5.02 Å². The van der Waals surface area contributed by atoms with Crippen LogP contribution in [0, 0.1) is 0 Å². The molecule has 2 aromatic carbocycles. The number of likely N-dealkylation sites (tertiary alicyclic amines) is 1. The third-order valence-corrected chi connectivity index (χ3v) is 4.82. The first-order chi connectivity index (χ1) is 13.1. The summed E-state index contributed by atoms with van der Waals surface area (Å²) < 4.78 is 0. The molecule has 1 N–H and O–H groups in total. The van der Waals surface area contributed by atoms with E-state index < -0.39 is 0 Å². The van der Waals surface area contributed by atoms with Crippen molar-refractivity contribution in [2.75, 3.05) is 18.4 Å². The number of anilines is 1. The average Bonchev–Trinajstić information content (AvgIpc) is 2.97. The number of nitrogens with zero attached hydrogens (tertiary/aromatic N) is 1. The lowest BCUT2D eigenvalue weighted by atomic mass is 10.1. The van der Waals surface area contributed by atoms with Crippen LogP contribution in [0.4, 0.5) is 5.69 Å². The number of benzene rings is 2. The lowest BCUT2D eigenvalue weighted by Gasteiger charge is -2.20.